The van der Waals surface area contributed by atoms with Crippen LogP contribution in [-0.4, -0.2) is 12.0 Å². The Morgan fingerprint density at radius 3 is 2.75 bits per heavy atom. The average molecular weight is 291 g/mol. The number of aromatic nitrogens is 1. The average Bonchev–Trinajstić information content (AvgIpc) is 2.40. The molecule has 0 unspecified atom stereocenters. The van der Waals surface area contributed by atoms with E-state index in [-0.39, 0.29) is 0 Å². The van der Waals surface area contributed by atoms with Gasteiger partial charge in [0.1, 0.15) is 6.61 Å². The van der Waals surface area contributed by atoms with E-state index in [1.807, 2.05) is 38.2 Å². The number of hydrogen-bond donors (Lipinski definition) is 1. The summed E-state index contributed by atoms with van der Waals surface area (Å²) >= 11 is 5.98. The second-order valence-electron chi connectivity index (χ2n) is 4.81. The molecule has 0 aliphatic heterocycles. The zero-order chi connectivity index (χ0) is 14.5. The van der Waals surface area contributed by atoms with Crippen LogP contribution in [0.1, 0.15) is 22.4 Å². The maximum atomic E-state index is 5.98. The molecule has 0 radical (unpaired) electrons. The number of benzene rings is 1. The molecular formula is C16H19ClN2O. The lowest BCUT2D eigenvalue weighted by molar-refractivity contribution is 0.289. The van der Waals surface area contributed by atoms with E-state index in [2.05, 4.69) is 23.3 Å². The van der Waals surface area contributed by atoms with E-state index < -0.39 is 0 Å². The zero-order valence-electron chi connectivity index (χ0n) is 12.0. The molecule has 1 heterocycles. The van der Waals surface area contributed by atoms with Crippen LogP contribution in [0.2, 0.25) is 5.02 Å². The van der Waals surface area contributed by atoms with Crippen LogP contribution in [-0.2, 0) is 13.2 Å². The first-order chi connectivity index (χ1) is 9.60. The number of hydrogen-bond acceptors (Lipinski definition) is 3. The quantitative estimate of drug-likeness (QED) is 0.913. The van der Waals surface area contributed by atoms with E-state index >= 15 is 0 Å². The van der Waals surface area contributed by atoms with Crippen molar-refractivity contribution in [3.05, 3.63) is 57.7 Å². The van der Waals surface area contributed by atoms with Crippen LogP contribution in [0.25, 0.3) is 0 Å². The smallest absolute Gasteiger partial charge is 0.218 e. The Morgan fingerprint density at radius 1 is 1.25 bits per heavy atom. The lowest BCUT2D eigenvalue weighted by Crippen LogP contribution is -2.11. The van der Waals surface area contributed by atoms with Gasteiger partial charge in [-0.1, -0.05) is 23.7 Å². The number of nitrogens with zero attached hydrogens (tertiary/aromatic N) is 1. The van der Waals surface area contributed by atoms with Gasteiger partial charge in [-0.3, -0.25) is 0 Å². The van der Waals surface area contributed by atoms with Crippen molar-refractivity contribution in [3.63, 3.8) is 0 Å². The first kappa shape index (κ1) is 14.8. The van der Waals surface area contributed by atoms with Gasteiger partial charge in [-0.15, -0.1) is 0 Å². The molecule has 3 nitrogen and oxygen atoms in total. The van der Waals surface area contributed by atoms with Gasteiger partial charge in [0.2, 0.25) is 5.88 Å². The van der Waals surface area contributed by atoms with Crippen LogP contribution in [0, 0.1) is 13.8 Å². The van der Waals surface area contributed by atoms with Crippen molar-refractivity contribution in [3.8, 4) is 5.88 Å². The zero-order valence-corrected chi connectivity index (χ0v) is 12.8. The van der Waals surface area contributed by atoms with Gasteiger partial charge >= 0.3 is 0 Å². The van der Waals surface area contributed by atoms with Crippen molar-refractivity contribution in [2.45, 2.75) is 27.0 Å². The highest BCUT2D eigenvalue weighted by atomic mass is 35.5. The second kappa shape index (κ2) is 6.73. The molecule has 1 N–H and O–H groups in total. The molecule has 0 fully saturated rings. The van der Waals surface area contributed by atoms with Crippen molar-refractivity contribution in [2.75, 3.05) is 7.05 Å². The van der Waals surface area contributed by atoms with Crippen LogP contribution in [0.3, 0.4) is 0 Å². The highest BCUT2D eigenvalue weighted by molar-refractivity contribution is 6.30. The van der Waals surface area contributed by atoms with Crippen molar-refractivity contribution in [1.82, 2.24) is 10.3 Å². The lowest BCUT2D eigenvalue weighted by atomic mass is 10.1. The number of aryl methyl sites for hydroxylation is 2. The number of rotatable bonds is 5. The van der Waals surface area contributed by atoms with Gasteiger partial charge in [-0.2, -0.15) is 0 Å². The summed E-state index contributed by atoms with van der Waals surface area (Å²) in [5.41, 5.74) is 4.28. The third-order valence-corrected chi connectivity index (χ3v) is 3.29. The van der Waals surface area contributed by atoms with Gasteiger partial charge in [-0.05, 0) is 50.2 Å². The molecule has 0 atom stereocenters. The van der Waals surface area contributed by atoms with E-state index in [1.165, 1.54) is 5.56 Å². The van der Waals surface area contributed by atoms with E-state index in [1.54, 1.807) is 0 Å². The molecular weight excluding hydrogens is 272 g/mol. The Bertz CT molecular complexity index is 599. The predicted octanol–water partition coefficient (Wildman–Crippen LogP) is 3.65. The number of nitrogens with one attached hydrogen (secondary N) is 1. The highest BCUT2D eigenvalue weighted by Crippen LogP contribution is 2.22. The lowest BCUT2D eigenvalue weighted by Gasteiger charge is -2.14. The van der Waals surface area contributed by atoms with E-state index in [0.29, 0.717) is 12.5 Å². The van der Waals surface area contributed by atoms with Crippen molar-refractivity contribution < 1.29 is 4.74 Å². The molecule has 0 saturated carbocycles. The largest absolute Gasteiger partial charge is 0.473 e. The monoisotopic (exact) mass is 290 g/mol. The number of pyridine rings is 1. The van der Waals surface area contributed by atoms with E-state index in [4.69, 9.17) is 16.3 Å². The molecule has 0 amide bonds. The fourth-order valence-corrected chi connectivity index (χ4v) is 2.33. The SMILES string of the molecule is CNCc1c(C)cc(C)nc1OCc1cccc(Cl)c1. The predicted molar refractivity (Wildman–Crippen MR) is 82.3 cm³/mol. The minimum atomic E-state index is 0.465. The summed E-state index contributed by atoms with van der Waals surface area (Å²) < 4.78 is 5.88. The van der Waals surface area contributed by atoms with Gasteiger partial charge in [0.05, 0.1) is 0 Å². The molecule has 0 spiro atoms. The summed E-state index contributed by atoms with van der Waals surface area (Å²) in [5, 5.41) is 3.87. The molecule has 1 aromatic carbocycles. The van der Waals surface area contributed by atoms with Crippen molar-refractivity contribution in [2.24, 2.45) is 0 Å². The summed E-state index contributed by atoms with van der Waals surface area (Å²) in [7, 11) is 1.92. The van der Waals surface area contributed by atoms with Gasteiger partial charge in [0.15, 0.2) is 0 Å². The summed E-state index contributed by atoms with van der Waals surface area (Å²) in [4.78, 5) is 4.49. The molecule has 1 aromatic heterocycles. The summed E-state index contributed by atoms with van der Waals surface area (Å²) in [6, 6.07) is 9.74. The first-order valence-electron chi connectivity index (χ1n) is 6.59. The maximum absolute atomic E-state index is 5.98. The molecule has 2 rings (SSSR count). The molecule has 0 aliphatic carbocycles. The minimum Gasteiger partial charge on any atom is -0.473 e. The van der Waals surface area contributed by atoms with Crippen LogP contribution >= 0.6 is 11.6 Å². The Morgan fingerprint density at radius 2 is 2.05 bits per heavy atom. The normalized spacial score (nSPS) is 10.6. The number of halogens is 1. The minimum absolute atomic E-state index is 0.465. The molecule has 0 bridgehead atoms. The molecule has 0 saturated heterocycles. The molecule has 2 aromatic rings. The Hall–Kier alpha value is -1.58. The van der Waals surface area contributed by atoms with Gasteiger partial charge in [0, 0.05) is 22.8 Å². The first-order valence-corrected chi connectivity index (χ1v) is 6.97. The van der Waals surface area contributed by atoms with Gasteiger partial charge in [0.25, 0.3) is 0 Å². The third kappa shape index (κ3) is 3.71. The fourth-order valence-electron chi connectivity index (χ4n) is 2.12. The van der Waals surface area contributed by atoms with E-state index in [9.17, 15) is 0 Å². The van der Waals surface area contributed by atoms with Crippen LogP contribution in [0.5, 0.6) is 5.88 Å². The summed E-state index contributed by atoms with van der Waals surface area (Å²) in [6.07, 6.45) is 0. The molecule has 106 valence electrons. The Balaban J connectivity index is 2.20. The second-order valence-corrected chi connectivity index (χ2v) is 5.25. The number of ether oxygens (including phenoxy) is 1. The Kier molecular flexibility index (Phi) is 4.99. The van der Waals surface area contributed by atoms with E-state index in [0.717, 1.165) is 28.4 Å². The third-order valence-electron chi connectivity index (χ3n) is 3.06. The summed E-state index contributed by atoms with van der Waals surface area (Å²) in [5.74, 6) is 0.692. The molecule has 20 heavy (non-hydrogen) atoms. The Labute approximate surface area is 124 Å². The van der Waals surface area contributed by atoms with Crippen LogP contribution in [0.15, 0.2) is 30.3 Å². The van der Waals surface area contributed by atoms with Gasteiger partial charge in [-0.25, -0.2) is 4.98 Å². The highest BCUT2D eigenvalue weighted by Gasteiger charge is 2.10. The summed E-state index contributed by atoms with van der Waals surface area (Å²) in [6.45, 7) is 5.26. The molecule has 4 heteroatoms. The molecule has 0 aliphatic rings. The fraction of sp³-hybridized carbons (Fsp3) is 0.312. The maximum Gasteiger partial charge on any atom is 0.218 e. The van der Waals surface area contributed by atoms with Crippen molar-refractivity contribution >= 4 is 11.6 Å². The van der Waals surface area contributed by atoms with Crippen LogP contribution < -0.4 is 10.1 Å². The topological polar surface area (TPSA) is 34.2 Å². The standard InChI is InChI=1S/C16H19ClN2O/c1-11-7-12(2)19-16(15(11)9-18-3)20-10-13-5-4-6-14(17)8-13/h4-8,18H,9-10H2,1-3H3. The van der Waals surface area contributed by atoms with Crippen LogP contribution in [0.4, 0.5) is 0 Å². The van der Waals surface area contributed by atoms with Gasteiger partial charge < -0.3 is 10.1 Å². The van der Waals surface area contributed by atoms with Crippen molar-refractivity contribution in [1.29, 1.82) is 0 Å².